The molecule has 0 spiro atoms. The van der Waals surface area contributed by atoms with Crippen molar-refractivity contribution < 1.29 is 4.74 Å². The maximum Gasteiger partial charge on any atom is 0.119 e. The third-order valence-electron chi connectivity index (χ3n) is 1.56. The van der Waals surface area contributed by atoms with E-state index in [1.807, 2.05) is 31.2 Å². The van der Waals surface area contributed by atoms with E-state index in [9.17, 15) is 0 Å². The van der Waals surface area contributed by atoms with Gasteiger partial charge in [-0.3, -0.25) is 0 Å². The first kappa shape index (κ1) is 10.9. The van der Waals surface area contributed by atoms with Crippen molar-refractivity contribution in [2.24, 2.45) is 10.7 Å². The first-order valence-electron chi connectivity index (χ1n) is 4.38. The zero-order valence-electron chi connectivity index (χ0n) is 8.03. The van der Waals surface area contributed by atoms with Crippen LogP contribution in [-0.2, 0) is 0 Å². The van der Waals surface area contributed by atoms with Gasteiger partial charge < -0.3 is 10.5 Å². The van der Waals surface area contributed by atoms with Crippen molar-refractivity contribution in [2.75, 3.05) is 12.5 Å². The summed E-state index contributed by atoms with van der Waals surface area (Å²) in [5, 5.41) is 0. The topological polar surface area (TPSA) is 47.6 Å². The molecule has 0 atom stereocenters. The highest BCUT2D eigenvalue weighted by Crippen LogP contribution is 2.17. The van der Waals surface area contributed by atoms with Gasteiger partial charge in [0.15, 0.2) is 0 Å². The molecule has 76 valence electrons. The minimum Gasteiger partial charge on any atom is -0.494 e. The Balaban J connectivity index is 2.73. The fourth-order valence-electron chi connectivity index (χ4n) is 0.979. The summed E-state index contributed by atoms with van der Waals surface area (Å²) < 4.78 is 5.29. The summed E-state index contributed by atoms with van der Waals surface area (Å²) in [6.45, 7) is 2.60. The standard InChI is InChI=1S/C10H13ClN2O/c1-2-14-9-5-3-8(4-6-9)13-10(12)7-11/h3-6H,2,7H2,1H3,(H2,12,13). The molecule has 2 N–H and O–H groups in total. The highest BCUT2D eigenvalue weighted by molar-refractivity contribution is 6.28. The molecule has 1 aromatic carbocycles. The van der Waals surface area contributed by atoms with Crippen molar-refractivity contribution in [1.29, 1.82) is 0 Å². The average Bonchev–Trinajstić information content (AvgIpc) is 2.21. The number of alkyl halides is 1. The SMILES string of the molecule is CCOc1ccc(N=C(N)CCl)cc1. The molecule has 0 radical (unpaired) electrons. The number of hydrogen-bond acceptors (Lipinski definition) is 2. The summed E-state index contributed by atoms with van der Waals surface area (Å²) >= 11 is 5.50. The Bertz CT molecular complexity index is 308. The fraction of sp³-hybridized carbons (Fsp3) is 0.300. The summed E-state index contributed by atoms with van der Waals surface area (Å²) in [4.78, 5) is 4.09. The highest BCUT2D eigenvalue weighted by atomic mass is 35.5. The van der Waals surface area contributed by atoms with Crippen LogP contribution in [0, 0.1) is 0 Å². The van der Waals surface area contributed by atoms with Crippen LogP contribution < -0.4 is 10.5 Å². The largest absolute Gasteiger partial charge is 0.494 e. The van der Waals surface area contributed by atoms with Crippen LogP contribution in [0.1, 0.15) is 6.92 Å². The second kappa shape index (κ2) is 5.50. The molecule has 14 heavy (non-hydrogen) atoms. The zero-order valence-corrected chi connectivity index (χ0v) is 8.79. The second-order valence-electron chi connectivity index (χ2n) is 2.66. The van der Waals surface area contributed by atoms with Gasteiger partial charge in [0.2, 0.25) is 0 Å². The highest BCUT2D eigenvalue weighted by Gasteiger charge is 1.94. The van der Waals surface area contributed by atoms with Gasteiger partial charge in [0.05, 0.1) is 18.2 Å². The monoisotopic (exact) mass is 212 g/mol. The van der Waals surface area contributed by atoms with Crippen molar-refractivity contribution in [3.63, 3.8) is 0 Å². The number of nitrogens with zero attached hydrogens (tertiary/aromatic N) is 1. The molecule has 1 aromatic rings. The molecule has 3 nitrogen and oxygen atoms in total. The predicted octanol–water partition coefficient (Wildman–Crippen LogP) is 2.31. The summed E-state index contributed by atoms with van der Waals surface area (Å²) in [5.74, 6) is 1.49. The lowest BCUT2D eigenvalue weighted by molar-refractivity contribution is 0.340. The quantitative estimate of drug-likeness (QED) is 0.473. The Morgan fingerprint density at radius 2 is 2.07 bits per heavy atom. The fourth-order valence-corrected chi connectivity index (χ4v) is 1.04. The lowest BCUT2D eigenvalue weighted by atomic mass is 10.3. The van der Waals surface area contributed by atoms with Gasteiger partial charge in [0.25, 0.3) is 0 Å². The molecular weight excluding hydrogens is 200 g/mol. The third-order valence-corrected chi connectivity index (χ3v) is 1.83. The van der Waals surface area contributed by atoms with Crippen molar-refractivity contribution in [3.05, 3.63) is 24.3 Å². The molecule has 0 heterocycles. The van der Waals surface area contributed by atoms with Gasteiger partial charge in [-0.25, -0.2) is 4.99 Å². The Morgan fingerprint density at radius 3 is 2.57 bits per heavy atom. The molecule has 0 unspecified atom stereocenters. The Morgan fingerprint density at radius 1 is 1.43 bits per heavy atom. The molecule has 0 aliphatic carbocycles. The van der Waals surface area contributed by atoms with E-state index in [4.69, 9.17) is 22.1 Å². The molecule has 0 saturated heterocycles. The van der Waals surface area contributed by atoms with Crippen LogP contribution in [0.2, 0.25) is 0 Å². The molecule has 0 saturated carbocycles. The summed E-state index contributed by atoms with van der Waals surface area (Å²) in [7, 11) is 0. The van der Waals surface area contributed by atoms with Crippen LogP contribution in [0.5, 0.6) is 5.75 Å². The number of benzene rings is 1. The van der Waals surface area contributed by atoms with Crippen LogP contribution in [-0.4, -0.2) is 18.3 Å². The van der Waals surface area contributed by atoms with Crippen LogP contribution in [0.15, 0.2) is 29.3 Å². The number of hydrogen-bond donors (Lipinski definition) is 1. The molecule has 0 fully saturated rings. The molecule has 0 bridgehead atoms. The first-order chi connectivity index (χ1) is 6.76. The Kier molecular flexibility index (Phi) is 4.26. The zero-order chi connectivity index (χ0) is 10.4. The number of nitrogens with two attached hydrogens (primary N) is 1. The van der Waals surface area contributed by atoms with Gasteiger partial charge in [-0.05, 0) is 31.2 Å². The number of ether oxygens (including phenoxy) is 1. The normalized spacial score (nSPS) is 11.4. The van der Waals surface area contributed by atoms with E-state index < -0.39 is 0 Å². The summed E-state index contributed by atoms with van der Waals surface area (Å²) in [6, 6.07) is 7.38. The van der Waals surface area contributed by atoms with Gasteiger partial charge in [0.1, 0.15) is 11.6 Å². The molecule has 0 aliphatic rings. The number of amidine groups is 1. The maximum atomic E-state index is 5.50. The average molecular weight is 213 g/mol. The number of aliphatic imine (C=N–C) groups is 1. The van der Waals surface area contributed by atoms with Gasteiger partial charge in [-0.2, -0.15) is 0 Å². The van der Waals surface area contributed by atoms with Crippen molar-refractivity contribution >= 4 is 23.1 Å². The van der Waals surface area contributed by atoms with Gasteiger partial charge in [0, 0.05) is 0 Å². The van der Waals surface area contributed by atoms with Crippen LogP contribution in [0.4, 0.5) is 5.69 Å². The van der Waals surface area contributed by atoms with Gasteiger partial charge in [-0.1, -0.05) is 0 Å². The van der Waals surface area contributed by atoms with E-state index in [1.54, 1.807) is 0 Å². The smallest absolute Gasteiger partial charge is 0.119 e. The van der Waals surface area contributed by atoms with Gasteiger partial charge >= 0.3 is 0 Å². The van der Waals surface area contributed by atoms with Crippen molar-refractivity contribution in [2.45, 2.75) is 6.92 Å². The molecule has 1 rings (SSSR count). The van der Waals surface area contributed by atoms with E-state index in [0.717, 1.165) is 11.4 Å². The first-order valence-corrected chi connectivity index (χ1v) is 4.91. The van der Waals surface area contributed by atoms with Crippen molar-refractivity contribution in [1.82, 2.24) is 0 Å². The summed E-state index contributed by atoms with van der Waals surface area (Å²) in [5.41, 5.74) is 6.27. The van der Waals surface area contributed by atoms with Crippen molar-refractivity contribution in [3.8, 4) is 5.75 Å². The Labute approximate surface area is 88.5 Å². The third kappa shape index (κ3) is 3.26. The van der Waals surface area contributed by atoms with Crippen LogP contribution >= 0.6 is 11.6 Å². The maximum absolute atomic E-state index is 5.50. The van der Waals surface area contributed by atoms with E-state index >= 15 is 0 Å². The minimum atomic E-state index is 0.243. The van der Waals surface area contributed by atoms with E-state index in [-0.39, 0.29) is 5.88 Å². The van der Waals surface area contributed by atoms with E-state index in [0.29, 0.717) is 12.4 Å². The van der Waals surface area contributed by atoms with E-state index in [2.05, 4.69) is 4.99 Å². The summed E-state index contributed by atoms with van der Waals surface area (Å²) in [6.07, 6.45) is 0. The number of halogens is 1. The minimum absolute atomic E-state index is 0.243. The predicted molar refractivity (Wildman–Crippen MR) is 59.6 cm³/mol. The molecule has 4 heteroatoms. The second-order valence-corrected chi connectivity index (χ2v) is 2.93. The van der Waals surface area contributed by atoms with E-state index in [1.165, 1.54) is 0 Å². The lowest BCUT2D eigenvalue weighted by Crippen LogP contribution is -2.12. The number of rotatable bonds is 4. The van der Waals surface area contributed by atoms with Crippen LogP contribution in [0.25, 0.3) is 0 Å². The molecular formula is C10H13ClN2O. The van der Waals surface area contributed by atoms with Crippen LogP contribution in [0.3, 0.4) is 0 Å². The molecule has 0 aliphatic heterocycles. The Hall–Kier alpha value is -1.22. The lowest BCUT2D eigenvalue weighted by Gasteiger charge is -2.02. The molecule has 0 aromatic heterocycles. The van der Waals surface area contributed by atoms with Gasteiger partial charge in [-0.15, -0.1) is 11.6 Å². The molecule has 0 amide bonds.